The fourth-order valence-corrected chi connectivity index (χ4v) is 2.59. The summed E-state index contributed by atoms with van der Waals surface area (Å²) in [4.78, 5) is 0. The number of halogens is 3. The molecule has 8 heteroatoms. The molecule has 0 aliphatic rings. The molecule has 0 aliphatic heterocycles. The van der Waals surface area contributed by atoms with Crippen LogP contribution in [0, 0.1) is 11.6 Å². The van der Waals surface area contributed by atoms with Crippen molar-refractivity contribution in [2.24, 2.45) is 7.05 Å². The molecule has 2 rings (SSSR count). The summed E-state index contributed by atoms with van der Waals surface area (Å²) in [6, 6.07) is 2.55. The quantitative estimate of drug-likeness (QED) is 0.692. The molecule has 0 spiro atoms. The van der Waals surface area contributed by atoms with E-state index in [9.17, 15) is 8.78 Å². The summed E-state index contributed by atoms with van der Waals surface area (Å²) in [7, 11) is 1.69. The summed E-state index contributed by atoms with van der Waals surface area (Å²) in [5, 5.41) is 7.98. The van der Waals surface area contributed by atoms with Crippen molar-refractivity contribution >= 4 is 33.6 Å². The standard InChI is InChI=1S/C10H9BrF2N4S/c1-17-9(14)15-16-10(17)18-4-5-7(12)3-2-6(11)8(5)13/h2-3H,4H2,1H3,(H2,14,15). The first kappa shape index (κ1) is 13.3. The van der Waals surface area contributed by atoms with E-state index in [1.54, 1.807) is 11.6 Å². The van der Waals surface area contributed by atoms with Crippen LogP contribution in [-0.2, 0) is 12.8 Å². The number of nitrogen functional groups attached to an aromatic ring is 1. The van der Waals surface area contributed by atoms with Crippen molar-refractivity contribution in [2.75, 3.05) is 5.73 Å². The van der Waals surface area contributed by atoms with Crippen molar-refractivity contribution in [3.05, 3.63) is 33.8 Å². The number of benzene rings is 1. The van der Waals surface area contributed by atoms with Gasteiger partial charge in [-0.2, -0.15) is 0 Å². The number of aromatic nitrogens is 3. The van der Waals surface area contributed by atoms with E-state index in [2.05, 4.69) is 26.1 Å². The Morgan fingerprint density at radius 1 is 1.39 bits per heavy atom. The van der Waals surface area contributed by atoms with Gasteiger partial charge >= 0.3 is 0 Å². The molecule has 0 saturated heterocycles. The van der Waals surface area contributed by atoms with Crippen LogP contribution < -0.4 is 5.73 Å². The summed E-state index contributed by atoms with van der Waals surface area (Å²) in [6.45, 7) is 0. The van der Waals surface area contributed by atoms with Crippen LogP contribution in [0.4, 0.5) is 14.7 Å². The Kier molecular flexibility index (Phi) is 3.86. The Labute approximate surface area is 115 Å². The Bertz CT molecular complexity index is 587. The lowest BCUT2D eigenvalue weighted by Gasteiger charge is -2.06. The molecule has 4 nitrogen and oxygen atoms in total. The molecule has 0 bridgehead atoms. The summed E-state index contributed by atoms with van der Waals surface area (Å²) >= 11 is 4.19. The number of anilines is 1. The largest absolute Gasteiger partial charge is 0.368 e. The minimum Gasteiger partial charge on any atom is -0.368 e. The van der Waals surface area contributed by atoms with E-state index >= 15 is 0 Å². The number of hydrogen-bond donors (Lipinski definition) is 1. The van der Waals surface area contributed by atoms with Crippen LogP contribution in [0.15, 0.2) is 21.8 Å². The Morgan fingerprint density at radius 3 is 2.72 bits per heavy atom. The van der Waals surface area contributed by atoms with Gasteiger partial charge in [0, 0.05) is 18.4 Å². The third-order valence-corrected chi connectivity index (χ3v) is 4.01. The van der Waals surface area contributed by atoms with E-state index in [0.29, 0.717) is 5.16 Å². The summed E-state index contributed by atoms with van der Waals surface area (Å²) in [6.07, 6.45) is 0. The molecule has 0 saturated carbocycles. The van der Waals surface area contributed by atoms with Crippen LogP contribution >= 0.6 is 27.7 Å². The lowest BCUT2D eigenvalue weighted by molar-refractivity contribution is 0.562. The fourth-order valence-electron chi connectivity index (χ4n) is 1.29. The number of nitrogens with zero attached hydrogens (tertiary/aromatic N) is 3. The molecule has 0 amide bonds. The number of nitrogens with two attached hydrogens (primary N) is 1. The molecule has 2 aromatic rings. The van der Waals surface area contributed by atoms with E-state index in [1.807, 2.05) is 0 Å². The number of hydrogen-bond acceptors (Lipinski definition) is 4. The van der Waals surface area contributed by atoms with Crippen molar-refractivity contribution in [3.8, 4) is 0 Å². The van der Waals surface area contributed by atoms with Gasteiger partial charge in [-0.25, -0.2) is 8.78 Å². The van der Waals surface area contributed by atoms with Gasteiger partial charge in [0.1, 0.15) is 11.6 Å². The van der Waals surface area contributed by atoms with E-state index in [1.165, 1.54) is 23.9 Å². The maximum absolute atomic E-state index is 13.7. The zero-order chi connectivity index (χ0) is 13.3. The van der Waals surface area contributed by atoms with Crippen LogP contribution in [0.2, 0.25) is 0 Å². The highest BCUT2D eigenvalue weighted by Crippen LogP contribution is 2.28. The normalized spacial score (nSPS) is 10.9. The van der Waals surface area contributed by atoms with Crippen molar-refractivity contribution in [1.82, 2.24) is 14.8 Å². The maximum atomic E-state index is 13.7. The second kappa shape index (κ2) is 5.23. The van der Waals surface area contributed by atoms with Gasteiger partial charge in [-0.3, -0.25) is 4.57 Å². The zero-order valence-electron chi connectivity index (χ0n) is 9.32. The molecule has 18 heavy (non-hydrogen) atoms. The molecular weight excluding hydrogens is 326 g/mol. The van der Waals surface area contributed by atoms with Crippen LogP contribution in [-0.4, -0.2) is 14.8 Å². The molecule has 2 N–H and O–H groups in total. The molecule has 0 unspecified atom stereocenters. The second-order valence-corrected chi connectivity index (χ2v) is 5.31. The lowest BCUT2D eigenvalue weighted by Crippen LogP contribution is -1.99. The van der Waals surface area contributed by atoms with Crippen LogP contribution in [0.1, 0.15) is 5.56 Å². The smallest absolute Gasteiger partial charge is 0.222 e. The van der Waals surface area contributed by atoms with Gasteiger partial charge in [0.25, 0.3) is 0 Å². The molecule has 0 radical (unpaired) electrons. The lowest BCUT2D eigenvalue weighted by atomic mass is 10.2. The van der Waals surface area contributed by atoms with E-state index < -0.39 is 11.6 Å². The first-order chi connectivity index (χ1) is 8.50. The first-order valence-electron chi connectivity index (χ1n) is 4.90. The summed E-state index contributed by atoms with van der Waals surface area (Å²) in [5.74, 6) is -0.813. The highest BCUT2D eigenvalue weighted by molar-refractivity contribution is 9.10. The third kappa shape index (κ3) is 2.49. The fraction of sp³-hybridized carbons (Fsp3) is 0.200. The topological polar surface area (TPSA) is 56.7 Å². The summed E-state index contributed by atoms with van der Waals surface area (Å²) in [5.41, 5.74) is 5.51. The minimum absolute atomic E-state index is 0.00375. The van der Waals surface area contributed by atoms with Gasteiger partial charge in [-0.15, -0.1) is 10.2 Å². The maximum Gasteiger partial charge on any atom is 0.222 e. The Hall–Kier alpha value is -1.15. The molecule has 0 aliphatic carbocycles. The van der Waals surface area contributed by atoms with Gasteiger partial charge < -0.3 is 5.73 Å². The monoisotopic (exact) mass is 334 g/mol. The Balaban J connectivity index is 2.21. The predicted octanol–water partition coefficient (Wildman–Crippen LogP) is 2.73. The molecule has 0 fully saturated rings. The molecule has 1 aromatic heterocycles. The van der Waals surface area contributed by atoms with Crippen molar-refractivity contribution in [3.63, 3.8) is 0 Å². The first-order valence-corrected chi connectivity index (χ1v) is 6.68. The predicted molar refractivity (Wildman–Crippen MR) is 69.0 cm³/mol. The van der Waals surface area contributed by atoms with Gasteiger partial charge in [0.2, 0.25) is 5.95 Å². The van der Waals surface area contributed by atoms with Gasteiger partial charge in [0.05, 0.1) is 4.47 Å². The minimum atomic E-state index is -0.599. The van der Waals surface area contributed by atoms with E-state index in [4.69, 9.17) is 5.73 Å². The average Bonchev–Trinajstić information content (AvgIpc) is 2.66. The molecule has 0 atom stereocenters. The van der Waals surface area contributed by atoms with Crippen molar-refractivity contribution < 1.29 is 8.78 Å². The highest BCUT2D eigenvalue weighted by atomic mass is 79.9. The SMILES string of the molecule is Cn1c(N)nnc1SCc1c(F)ccc(Br)c1F. The highest BCUT2D eigenvalue weighted by Gasteiger charge is 2.14. The van der Waals surface area contributed by atoms with Crippen molar-refractivity contribution in [2.45, 2.75) is 10.9 Å². The van der Waals surface area contributed by atoms with Gasteiger partial charge in [-0.05, 0) is 28.1 Å². The number of thioether (sulfide) groups is 1. The van der Waals surface area contributed by atoms with Crippen molar-refractivity contribution in [1.29, 1.82) is 0 Å². The Morgan fingerprint density at radius 2 is 2.11 bits per heavy atom. The van der Waals surface area contributed by atoms with Crippen LogP contribution in [0.5, 0.6) is 0 Å². The zero-order valence-corrected chi connectivity index (χ0v) is 11.7. The van der Waals surface area contributed by atoms with Crippen LogP contribution in [0.25, 0.3) is 0 Å². The molecule has 1 heterocycles. The van der Waals surface area contributed by atoms with E-state index in [-0.39, 0.29) is 21.7 Å². The van der Waals surface area contributed by atoms with Gasteiger partial charge in [0.15, 0.2) is 5.16 Å². The number of rotatable bonds is 3. The van der Waals surface area contributed by atoms with Crippen LogP contribution in [0.3, 0.4) is 0 Å². The molecule has 96 valence electrons. The molecular formula is C10H9BrF2N4S. The summed E-state index contributed by atoms with van der Waals surface area (Å²) < 4.78 is 29.0. The second-order valence-electron chi connectivity index (χ2n) is 3.51. The third-order valence-electron chi connectivity index (χ3n) is 2.35. The molecule has 1 aromatic carbocycles. The van der Waals surface area contributed by atoms with E-state index in [0.717, 1.165) is 0 Å². The average molecular weight is 335 g/mol. The van der Waals surface area contributed by atoms with Gasteiger partial charge in [-0.1, -0.05) is 11.8 Å².